The zero-order chi connectivity index (χ0) is 8.39. The molecule has 1 unspecified atom stereocenters. The SMILES string of the molecule is NCc1ncnn1C1CCOC1. The molecule has 0 spiro atoms. The van der Waals surface area contributed by atoms with Gasteiger partial charge in [0.15, 0.2) is 0 Å². The molecule has 1 saturated heterocycles. The number of hydrogen-bond acceptors (Lipinski definition) is 4. The molecule has 1 aromatic heterocycles. The Hall–Kier alpha value is -0.940. The van der Waals surface area contributed by atoms with Gasteiger partial charge in [0.2, 0.25) is 0 Å². The maximum Gasteiger partial charge on any atom is 0.140 e. The van der Waals surface area contributed by atoms with E-state index < -0.39 is 0 Å². The molecule has 0 aromatic carbocycles. The highest BCUT2D eigenvalue weighted by Gasteiger charge is 2.20. The van der Waals surface area contributed by atoms with Crippen molar-refractivity contribution in [3.63, 3.8) is 0 Å². The number of ether oxygens (including phenoxy) is 1. The van der Waals surface area contributed by atoms with Crippen molar-refractivity contribution in [3.8, 4) is 0 Å². The van der Waals surface area contributed by atoms with Crippen molar-refractivity contribution >= 4 is 0 Å². The molecular formula is C7H12N4O. The van der Waals surface area contributed by atoms with E-state index in [0.29, 0.717) is 12.6 Å². The van der Waals surface area contributed by atoms with Gasteiger partial charge >= 0.3 is 0 Å². The summed E-state index contributed by atoms with van der Waals surface area (Å²) < 4.78 is 7.12. The smallest absolute Gasteiger partial charge is 0.140 e. The van der Waals surface area contributed by atoms with Crippen LogP contribution in [0.2, 0.25) is 0 Å². The topological polar surface area (TPSA) is 66.0 Å². The number of hydrogen-bond donors (Lipinski definition) is 1. The monoisotopic (exact) mass is 168 g/mol. The van der Waals surface area contributed by atoms with Crippen LogP contribution in [0.4, 0.5) is 0 Å². The normalized spacial score (nSPS) is 23.2. The minimum absolute atomic E-state index is 0.339. The molecule has 2 rings (SSSR count). The Morgan fingerprint density at radius 2 is 2.67 bits per heavy atom. The first-order valence-electron chi connectivity index (χ1n) is 4.08. The summed E-state index contributed by atoms with van der Waals surface area (Å²) in [5.74, 6) is 0.838. The molecule has 1 aromatic rings. The standard InChI is InChI=1S/C7H12N4O/c8-3-7-9-5-10-11(7)6-1-2-12-4-6/h5-6H,1-4,8H2. The number of aromatic nitrogens is 3. The fraction of sp³-hybridized carbons (Fsp3) is 0.714. The second-order valence-electron chi connectivity index (χ2n) is 2.84. The van der Waals surface area contributed by atoms with E-state index >= 15 is 0 Å². The third kappa shape index (κ3) is 1.21. The minimum atomic E-state index is 0.339. The van der Waals surface area contributed by atoms with Crippen LogP contribution in [0.15, 0.2) is 6.33 Å². The summed E-state index contributed by atoms with van der Waals surface area (Å²) in [5, 5.41) is 4.11. The Balaban J connectivity index is 2.19. The Morgan fingerprint density at radius 1 is 1.75 bits per heavy atom. The van der Waals surface area contributed by atoms with Gasteiger partial charge in [0.1, 0.15) is 12.2 Å². The number of nitrogens with two attached hydrogens (primary N) is 1. The van der Waals surface area contributed by atoms with E-state index in [4.69, 9.17) is 10.5 Å². The molecule has 5 nitrogen and oxygen atoms in total. The summed E-state index contributed by atoms with van der Waals surface area (Å²) in [4.78, 5) is 4.05. The molecule has 1 atom stereocenters. The first-order chi connectivity index (χ1) is 5.92. The van der Waals surface area contributed by atoms with Crippen LogP contribution in [0.3, 0.4) is 0 Å². The Labute approximate surface area is 70.5 Å². The summed E-state index contributed by atoms with van der Waals surface area (Å²) in [6, 6.07) is 0.339. The van der Waals surface area contributed by atoms with E-state index in [1.54, 1.807) is 6.33 Å². The molecule has 5 heteroatoms. The molecule has 0 saturated carbocycles. The third-order valence-electron chi connectivity index (χ3n) is 2.08. The lowest BCUT2D eigenvalue weighted by Crippen LogP contribution is -2.16. The molecule has 0 bridgehead atoms. The van der Waals surface area contributed by atoms with Crippen LogP contribution in [-0.2, 0) is 11.3 Å². The summed E-state index contributed by atoms with van der Waals surface area (Å²) in [5.41, 5.74) is 5.50. The summed E-state index contributed by atoms with van der Waals surface area (Å²) >= 11 is 0. The van der Waals surface area contributed by atoms with Crippen LogP contribution in [0.5, 0.6) is 0 Å². The molecule has 66 valence electrons. The van der Waals surface area contributed by atoms with Gasteiger partial charge in [0, 0.05) is 6.61 Å². The van der Waals surface area contributed by atoms with Gasteiger partial charge in [-0.3, -0.25) is 0 Å². The first kappa shape index (κ1) is 7.70. The van der Waals surface area contributed by atoms with Crippen LogP contribution < -0.4 is 5.73 Å². The van der Waals surface area contributed by atoms with Crippen molar-refractivity contribution in [1.29, 1.82) is 0 Å². The lowest BCUT2D eigenvalue weighted by atomic mass is 10.3. The Bertz CT molecular complexity index is 254. The molecule has 0 aliphatic carbocycles. The molecule has 2 N–H and O–H groups in total. The largest absolute Gasteiger partial charge is 0.379 e. The van der Waals surface area contributed by atoms with Gasteiger partial charge in [-0.1, -0.05) is 0 Å². The van der Waals surface area contributed by atoms with E-state index in [1.807, 2.05) is 4.68 Å². The fourth-order valence-electron chi connectivity index (χ4n) is 1.44. The predicted molar refractivity (Wildman–Crippen MR) is 42.4 cm³/mol. The van der Waals surface area contributed by atoms with Gasteiger partial charge in [0.05, 0.1) is 19.2 Å². The van der Waals surface area contributed by atoms with E-state index in [1.165, 1.54) is 0 Å². The molecule has 1 aliphatic rings. The molecule has 0 amide bonds. The van der Waals surface area contributed by atoms with Gasteiger partial charge in [-0.15, -0.1) is 0 Å². The maximum atomic E-state index is 5.50. The van der Waals surface area contributed by atoms with E-state index in [2.05, 4.69) is 10.1 Å². The predicted octanol–water partition coefficient (Wildman–Crippen LogP) is -0.302. The number of nitrogens with zero attached hydrogens (tertiary/aromatic N) is 3. The van der Waals surface area contributed by atoms with Gasteiger partial charge < -0.3 is 10.5 Å². The minimum Gasteiger partial charge on any atom is -0.379 e. The maximum absolute atomic E-state index is 5.50. The molecule has 1 aliphatic heterocycles. The lowest BCUT2D eigenvalue weighted by molar-refractivity contribution is 0.184. The van der Waals surface area contributed by atoms with E-state index in [0.717, 1.165) is 25.5 Å². The highest BCUT2D eigenvalue weighted by molar-refractivity contribution is 4.87. The van der Waals surface area contributed by atoms with Crippen LogP contribution >= 0.6 is 0 Å². The van der Waals surface area contributed by atoms with Crippen LogP contribution in [0.25, 0.3) is 0 Å². The Morgan fingerprint density at radius 3 is 3.33 bits per heavy atom. The third-order valence-corrected chi connectivity index (χ3v) is 2.08. The molecule has 2 heterocycles. The quantitative estimate of drug-likeness (QED) is 0.658. The van der Waals surface area contributed by atoms with E-state index in [9.17, 15) is 0 Å². The van der Waals surface area contributed by atoms with Gasteiger partial charge in [0.25, 0.3) is 0 Å². The first-order valence-corrected chi connectivity index (χ1v) is 4.08. The second kappa shape index (κ2) is 3.20. The van der Waals surface area contributed by atoms with Crippen molar-refractivity contribution in [2.24, 2.45) is 5.73 Å². The number of rotatable bonds is 2. The summed E-state index contributed by atoms with van der Waals surface area (Å²) in [6.45, 7) is 1.99. The van der Waals surface area contributed by atoms with Crippen molar-refractivity contribution in [2.75, 3.05) is 13.2 Å². The van der Waals surface area contributed by atoms with Crippen LogP contribution in [0.1, 0.15) is 18.3 Å². The zero-order valence-corrected chi connectivity index (χ0v) is 6.81. The Kier molecular flexibility index (Phi) is 2.05. The molecule has 1 fully saturated rings. The van der Waals surface area contributed by atoms with Gasteiger partial charge in [-0.25, -0.2) is 9.67 Å². The summed E-state index contributed by atoms with van der Waals surface area (Å²) in [6.07, 6.45) is 2.55. The van der Waals surface area contributed by atoms with E-state index in [-0.39, 0.29) is 0 Å². The highest BCUT2D eigenvalue weighted by atomic mass is 16.5. The molecule has 12 heavy (non-hydrogen) atoms. The molecule has 0 radical (unpaired) electrons. The fourth-order valence-corrected chi connectivity index (χ4v) is 1.44. The van der Waals surface area contributed by atoms with Crippen molar-refractivity contribution < 1.29 is 4.74 Å². The average molecular weight is 168 g/mol. The van der Waals surface area contributed by atoms with Crippen molar-refractivity contribution in [2.45, 2.75) is 19.0 Å². The van der Waals surface area contributed by atoms with Crippen molar-refractivity contribution in [3.05, 3.63) is 12.2 Å². The second-order valence-corrected chi connectivity index (χ2v) is 2.84. The van der Waals surface area contributed by atoms with Crippen LogP contribution in [-0.4, -0.2) is 28.0 Å². The zero-order valence-electron chi connectivity index (χ0n) is 6.81. The van der Waals surface area contributed by atoms with Gasteiger partial charge in [-0.2, -0.15) is 5.10 Å². The average Bonchev–Trinajstić information content (AvgIpc) is 2.74. The molecular weight excluding hydrogens is 156 g/mol. The highest BCUT2D eigenvalue weighted by Crippen LogP contribution is 2.18. The lowest BCUT2D eigenvalue weighted by Gasteiger charge is -2.09. The van der Waals surface area contributed by atoms with Crippen LogP contribution in [0, 0.1) is 0 Å². The van der Waals surface area contributed by atoms with Crippen molar-refractivity contribution in [1.82, 2.24) is 14.8 Å². The summed E-state index contributed by atoms with van der Waals surface area (Å²) in [7, 11) is 0. The van der Waals surface area contributed by atoms with Gasteiger partial charge in [-0.05, 0) is 6.42 Å².